The number of H-pyrrole nitrogens is 1. The van der Waals surface area contributed by atoms with Gasteiger partial charge in [0.05, 0.1) is 12.1 Å². The molecular weight excluding hydrogens is 349 g/mol. The fourth-order valence-corrected chi connectivity index (χ4v) is 3.29. The largest absolute Gasteiger partial charge is 0.343 e. The van der Waals surface area contributed by atoms with Crippen molar-refractivity contribution in [3.8, 4) is 0 Å². The molecular formula is C20H16FN3O3. The van der Waals surface area contributed by atoms with E-state index >= 15 is 0 Å². The van der Waals surface area contributed by atoms with Gasteiger partial charge in [-0.05, 0) is 47.7 Å². The minimum Gasteiger partial charge on any atom is -0.343 e. The lowest BCUT2D eigenvalue weighted by Gasteiger charge is -2.17. The predicted octanol–water partition coefficient (Wildman–Crippen LogP) is 1.99. The highest BCUT2D eigenvalue weighted by molar-refractivity contribution is 6.02. The highest BCUT2D eigenvalue weighted by Crippen LogP contribution is 2.27. The second kappa shape index (κ2) is 6.68. The first kappa shape index (κ1) is 17.0. The Hall–Kier alpha value is -3.48. The fourth-order valence-electron chi connectivity index (χ4n) is 3.29. The van der Waals surface area contributed by atoms with Gasteiger partial charge in [-0.1, -0.05) is 18.2 Å². The molecule has 2 amide bonds. The van der Waals surface area contributed by atoms with Gasteiger partial charge < -0.3 is 15.2 Å². The number of para-hydroxylation sites is 1. The van der Waals surface area contributed by atoms with Crippen molar-refractivity contribution in [2.45, 2.75) is 6.42 Å². The number of halogens is 1. The number of aromatic nitrogens is 1. The topological polar surface area (TPSA) is 82.3 Å². The number of fused-ring (bicyclic) bond motifs is 2. The zero-order valence-corrected chi connectivity index (χ0v) is 14.3. The van der Waals surface area contributed by atoms with Crippen molar-refractivity contribution in [1.29, 1.82) is 0 Å². The Kier molecular flexibility index (Phi) is 4.19. The number of hydrogen-bond acceptors (Lipinski definition) is 3. The van der Waals surface area contributed by atoms with Crippen molar-refractivity contribution >= 4 is 28.4 Å². The molecule has 1 aliphatic rings. The van der Waals surface area contributed by atoms with Crippen LogP contribution in [-0.2, 0) is 11.2 Å². The van der Waals surface area contributed by atoms with Gasteiger partial charge in [0.2, 0.25) is 5.91 Å². The first-order valence-corrected chi connectivity index (χ1v) is 8.52. The second-order valence-corrected chi connectivity index (χ2v) is 6.35. The Morgan fingerprint density at radius 3 is 2.81 bits per heavy atom. The molecule has 0 aliphatic carbocycles. The summed E-state index contributed by atoms with van der Waals surface area (Å²) in [6, 6.07) is 12.9. The van der Waals surface area contributed by atoms with Crippen LogP contribution in [0, 0.1) is 5.82 Å². The SMILES string of the molecule is O=C(NCC(=O)N1CCc2ccccc21)c1cc2ccc(F)cc2[nH]c1=O. The monoisotopic (exact) mass is 365 g/mol. The summed E-state index contributed by atoms with van der Waals surface area (Å²) in [4.78, 5) is 41.1. The predicted molar refractivity (Wildman–Crippen MR) is 99.4 cm³/mol. The Balaban J connectivity index is 1.49. The molecule has 7 heteroatoms. The third kappa shape index (κ3) is 3.19. The van der Waals surface area contributed by atoms with Gasteiger partial charge in [0.25, 0.3) is 11.5 Å². The number of carbonyl (C=O) groups excluding carboxylic acids is 2. The number of amides is 2. The average molecular weight is 365 g/mol. The summed E-state index contributed by atoms with van der Waals surface area (Å²) in [5, 5.41) is 3.03. The van der Waals surface area contributed by atoms with Crippen LogP contribution in [0.25, 0.3) is 10.9 Å². The quantitative estimate of drug-likeness (QED) is 0.745. The number of pyridine rings is 1. The highest BCUT2D eigenvalue weighted by atomic mass is 19.1. The Morgan fingerprint density at radius 2 is 1.96 bits per heavy atom. The van der Waals surface area contributed by atoms with Crippen LogP contribution in [0.15, 0.2) is 53.3 Å². The van der Waals surface area contributed by atoms with E-state index in [1.165, 1.54) is 24.3 Å². The molecule has 0 unspecified atom stereocenters. The summed E-state index contributed by atoms with van der Waals surface area (Å²) in [6.07, 6.45) is 0.775. The van der Waals surface area contributed by atoms with Crippen LogP contribution in [0.3, 0.4) is 0 Å². The summed E-state index contributed by atoms with van der Waals surface area (Å²) in [6.45, 7) is 0.351. The van der Waals surface area contributed by atoms with E-state index in [1.807, 2.05) is 24.3 Å². The van der Waals surface area contributed by atoms with Gasteiger partial charge in [0.1, 0.15) is 11.4 Å². The van der Waals surface area contributed by atoms with Gasteiger partial charge in [-0.25, -0.2) is 4.39 Å². The van der Waals surface area contributed by atoms with Gasteiger partial charge in [-0.3, -0.25) is 14.4 Å². The molecule has 0 radical (unpaired) electrons. The van der Waals surface area contributed by atoms with Crippen molar-refractivity contribution in [3.05, 3.63) is 75.8 Å². The Morgan fingerprint density at radius 1 is 1.15 bits per heavy atom. The minimum atomic E-state index is -0.650. The molecule has 1 aromatic heterocycles. The number of nitrogens with zero attached hydrogens (tertiary/aromatic N) is 1. The maximum Gasteiger partial charge on any atom is 0.261 e. The average Bonchev–Trinajstić information content (AvgIpc) is 3.09. The maximum absolute atomic E-state index is 13.2. The smallest absolute Gasteiger partial charge is 0.261 e. The third-order valence-corrected chi connectivity index (χ3v) is 4.64. The summed E-state index contributed by atoms with van der Waals surface area (Å²) in [5.74, 6) is -1.37. The molecule has 6 nitrogen and oxygen atoms in total. The van der Waals surface area contributed by atoms with E-state index in [2.05, 4.69) is 10.3 Å². The summed E-state index contributed by atoms with van der Waals surface area (Å²) in [7, 11) is 0. The maximum atomic E-state index is 13.2. The molecule has 0 bridgehead atoms. The van der Waals surface area contributed by atoms with E-state index in [0.29, 0.717) is 17.4 Å². The van der Waals surface area contributed by atoms with Crippen LogP contribution in [-0.4, -0.2) is 29.9 Å². The van der Waals surface area contributed by atoms with Crippen molar-refractivity contribution in [3.63, 3.8) is 0 Å². The third-order valence-electron chi connectivity index (χ3n) is 4.64. The number of nitrogens with one attached hydrogen (secondary N) is 2. The van der Waals surface area contributed by atoms with E-state index in [4.69, 9.17) is 0 Å². The first-order valence-electron chi connectivity index (χ1n) is 8.52. The molecule has 0 saturated carbocycles. The summed E-state index contributed by atoms with van der Waals surface area (Å²) >= 11 is 0. The van der Waals surface area contributed by atoms with Gasteiger partial charge in [-0.2, -0.15) is 0 Å². The number of carbonyl (C=O) groups is 2. The van der Waals surface area contributed by atoms with Crippen molar-refractivity contribution < 1.29 is 14.0 Å². The van der Waals surface area contributed by atoms with Crippen LogP contribution in [0.1, 0.15) is 15.9 Å². The summed E-state index contributed by atoms with van der Waals surface area (Å²) in [5.41, 5.74) is 1.49. The van der Waals surface area contributed by atoms with E-state index < -0.39 is 17.3 Å². The first-order chi connectivity index (χ1) is 13.0. The van der Waals surface area contributed by atoms with Gasteiger partial charge in [0, 0.05) is 12.2 Å². The molecule has 136 valence electrons. The van der Waals surface area contributed by atoms with E-state index in [0.717, 1.165) is 17.7 Å². The van der Waals surface area contributed by atoms with Crippen molar-refractivity contribution in [2.75, 3.05) is 18.0 Å². The van der Waals surface area contributed by atoms with Crippen LogP contribution in [0.4, 0.5) is 10.1 Å². The van der Waals surface area contributed by atoms with Crippen LogP contribution < -0.4 is 15.8 Å². The minimum absolute atomic E-state index is 0.122. The Labute approximate surface area is 153 Å². The molecule has 2 aromatic carbocycles. The van der Waals surface area contributed by atoms with E-state index in [9.17, 15) is 18.8 Å². The lowest BCUT2D eigenvalue weighted by Crippen LogP contribution is -2.40. The number of aromatic amines is 1. The van der Waals surface area contributed by atoms with Crippen LogP contribution in [0.5, 0.6) is 0 Å². The molecule has 4 rings (SSSR count). The van der Waals surface area contributed by atoms with Crippen molar-refractivity contribution in [2.24, 2.45) is 0 Å². The molecule has 0 atom stereocenters. The molecule has 2 heterocycles. The normalized spacial score (nSPS) is 12.9. The summed E-state index contributed by atoms with van der Waals surface area (Å²) < 4.78 is 13.2. The molecule has 0 spiro atoms. The zero-order valence-electron chi connectivity index (χ0n) is 14.3. The number of anilines is 1. The fraction of sp³-hybridized carbons (Fsp3) is 0.150. The number of hydrogen-bond donors (Lipinski definition) is 2. The number of rotatable bonds is 3. The molecule has 1 aliphatic heterocycles. The molecule has 0 fully saturated rings. The lowest BCUT2D eigenvalue weighted by atomic mass is 10.1. The molecule has 0 saturated heterocycles. The van der Waals surface area contributed by atoms with Gasteiger partial charge in [-0.15, -0.1) is 0 Å². The zero-order chi connectivity index (χ0) is 19.0. The lowest BCUT2D eigenvalue weighted by molar-refractivity contribution is -0.117. The molecule has 3 aromatic rings. The second-order valence-electron chi connectivity index (χ2n) is 6.35. The van der Waals surface area contributed by atoms with Gasteiger partial charge in [0.15, 0.2) is 0 Å². The standard InChI is InChI=1S/C20H16FN3O3/c21-14-6-5-13-9-15(20(27)23-16(13)10-14)19(26)22-11-18(25)24-8-7-12-3-1-2-4-17(12)24/h1-6,9-10H,7-8,11H2,(H,22,26)(H,23,27). The van der Waals surface area contributed by atoms with Crippen LogP contribution in [0.2, 0.25) is 0 Å². The molecule has 2 N–H and O–H groups in total. The highest BCUT2D eigenvalue weighted by Gasteiger charge is 2.24. The van der Waals surface area contributed by atoms with Crippen LogP contribution >= 0.6 is 0 Å². The van der Waals surface area contributed by atoms with E-state index in [1.54, 1.807) is 4.90 Å². The Bertz CT molecular complexity index is 1120. The van der Waals surface area contributed by atoms with Gasteiger partial charge >= 0.3 is 0 Å². The number of benzene rings is 2. The van der Waals surface area contributed by atoms with Crippen molar-refractivity contribution in [1.82, 2.24) is 10.3 Å². The molecule has 27 heavy (non-hydrogen) atoms. The van der Waals surface area contributed by atoms with E-state index in [-0.39, 0.29) is 18.0 Å².